The Morgan fingerprint density at radius 1 is 0.938 bits per heavy atom. The molecule has 4 rings (SSSR count). The topological polar surface area (TPSA) is 97.2 Å². The lowest BCUT2D eigenvalue weighted by Crippen LogP contribution is -2.31. The van der Waals surface area contributed by atoms with Crippen molar-refractivity contribution in [3.63, 3.8) is 0 Å². The monoisotopic (exact) mass is 447 g/mol. The second-order valence-electron chi connectivity index (χ2n) is 6.94. The molecule has 0 aliphatic heterocycles. The number of para-hydroxylation sites is 2. The van der Waals surface area contributed by atoms with E-state index in [1.807, 2.05) is 30.3 Å². The Balaban J connectivity index is 1.57. The van der Waals surface area contributed by atoms with Crippen molar-refractivity contribution in [3.8, 4) is 5.69 Å². The second kappa shape index (κ2) is 9.03. The van der Waals surface area contributed by atoms with Crippen molar-refractivity contribution in [3.05, 3.63) is 103 Å². The summed E-state index contributed by atoms with van der Waals surface area (Å²) in [5, 5.41) is 10.7. The van der Waals surface area contributed by atoms with Gasteiger partial charge in [0.2, 0.25) is 0 Å². The largest absolute Gasteiger partial charge is 0.345 e. The lowest BCUT2D eigenvalue weighted by Gasteiger charge is -2.21. The number of nitrogens with one attached hydrogen (secondary N) is 1. The molecule has 1 amide bonds. The average molecular weight is 448 g/mol. The van der Waals surface area contributed by atoms with E-state index in [0.29, 0.717) is 11.5 Å². The first-order valence-corrected chi connectivity index (χ1v) is 11.3. The zero-order valence-electron chi connectivity index (χ0n) is 17.3. The second-order valence-corrected chi connectivity index (χ2v) is 8.88. The molecule has 0 saturated heterocycles. The standard InChI is InChI=1S/C23H21N5O3S/c1-27(18-10-4-2-5-11-18)32(30,31)21-15-9-8-14-20(21)23(29)24-16-22-26-25-17-28(22)19-12-6-3-7-13-19/h2-15,17H,16H2,1H3,(H,24,29). The number of benzene rings is 3. The van der Waals surface area contributed by atoms with E-state index < -0.39 is 15.9 Å². The molecule has 0 atom stereocenters. The van der Waals surface area contributed by atoms with Gasteiger partial charge in [-0.1, -0.05) is 48.5 Å². The maximum Gasteiger partial charge on any atom is 0.264 e. The van der Waals surface area contributed by atoms with Crippen LogP contribution in [0, 0.1) is 0 Å². The van der Waals surface area contributed by atoms with Crippen molar-refractivity contribution in [1.29, 1.82) is 0 Å². The lowest BCUT2D eigenvalue weighted by atomic mass is 10.2. The minimum absolute atomic E-state index is 0.0565. The number of anilines is 1. The zero-order valence-corrected chi connectivity index (χ0v) is 18.1. The summed E-state index contributed by atoms with van der Waals surface area (Å²) in [6.07, 6.45) is 1.56. The van der Waals surface area contributed by atoms with Gasteiger partial charge in [-0.2, -0.15) is 0 Å². The molecule has 0 radical (unpaired) electrons. The minimum atomic E-state index is -3.95. The molecule has 0 fully saturated rings. The fourth-order valence-electron chi connectivity index (χ4n) is 3.24. The van der Waals surface area contributed by atoms with Crippen LogP contribution in [-0.2, 0) is 16.6 Å². The first-order chi connectivity index (χ1) is 15.5. The first-order valence-electron chi connectivity index (χ1n) is 9.84. The smallest absolute Gasteiger partial charge is 0.264 e. The van der Waals surface area contributed by atoms with Gasteiger partial charge >= 0.3 is 0 Å². The highest BCUT2D eigenvalue weighted by atomic mass is 32.2. The number of amides is 1. The maximum absolute atomic E-state index is 13.2. The summed E-state index contributed by atoms with van der Waals surface area (Å²) < 4.78 is 29.4. The summed E-state index contributed by atoms with van der Waals surface area (Å²) in [6.45, 7) is 0.0800. The molecule has 1 aromatic heterocycles. The van der Waals surface area contributed by atoms with E-state index in [-0.39, 0.29) is 17.0 Å². The molecule has 1 heterocycles. The molecular weight excluding hydrogens is 426 g/mol. The van der Waals surface area contributed by atoms with Gasteiger partial charge in [0.05, 0.1) is 17.8 Å². The normalized spacial score (nSPS) is 11.2. The highest BCUT2D eigenvalue weighted by Gasteiger charge is 2.26. The predicted molar refractivity (Wildman–Crippen MR) is 121 cm³/mol. The number of hydrogen-bond acceptors (Lipinski definition) is 5. The van der Waals surface area contributed by atoms with Crippen molar-refractivity contribution in [2.75, 3.05) is 11.4 Å². The lowest BCUT2D eigenvalue weighted by molar-refractivity contribution is 0.0946. The molecule has 0 aliphatic rings. The molecule has 0 unspecified atom stereocenters. The number of rotatable bonds is 7. The number of nitrogens with zero attached hydrogens (tertiary/aromatic N) is 4. The molecule has 0 saturated carbocycles. The Hall–Kier alpha value is -3.98. The fraction of sp³-hybridized carbons (Fsp3) is 0.0870. The van der Waals surface area contributed by atoms with E-state index in [9.17, 15) is 13.2 Å². The molecule has 9 heteroatoms. The molecular formula is C23H21N5O3S. The molecule has 4 aromatic rings. The summed E-state index contributed by atoms with van der Waals surface area (Å²) in [5.74, 6) is -0.000426. The minimum Gasteiger partial charge on any atom is -0.345 e. The van der Waals surface area contributed by atoms with Gasteiger partial charge in [0.15, 0.2) is 5.82 Å². The van der Waals surface area contributed by atoms with Crippen molar-refractivity contribution in [2.24, 2.45) is 0 Å². The number of hydrogen-bond donors (Lipinski definition) is 1. The van der Waals surface area contributed by atoms with Gasteiger partial charge < -0.3 is 5.32 Å². The zero-order chi connectivity index (χ0) is 22.6. The molecule has 0 aliphatic carbocycles. The summed E-state index contributed by atoms with van der Waals surface area (Å²) in [4.78, 5) is 12.9. The highest BCUT2D eigenvalue weighted by Crippen LogP contribution is 2.24. The number of sulfonamides is 1. The number of carbonyl (C=O) groups excluding carboxylic acids is 1. The van der Waals surface area contributed by atoms with Crippen LogP contribution >= 0.6 is 0 Å². The van der Waals surface area contributed by atoms with E-state index in [0.717, 1.165) is 9.99 Å². The van der Waals surface area contributed by atoms with Crippen LogP contribution in [0.2, 0.25) is 0 Å². The third-order valence-electron chi connectivity index (χ3n) is 4.95. The Morgan fingerprint density at radius 2 is 1.56 bits per heavy atom. The van der Waals surface area contributed by atoms with Crippen LogP contribution in [0.4, 0.5) is 5.69 Å². The quantitative estimate of drug-likeness (QED) is 0.470. The van der Waals surface area contributed by atoms with E-state index in [1.54, 1.807) is 53.4 Å². The van der Waals surface area contributed by atoms with Gasteiger partial charge in [0, 0.05) is 12.7 Å². The third-order valence-corrected chi connectivity index (χ3v) is 6.79. The number of carbonyl (C=O) groups is 1. The average Bonchev–Trinajstić information content (AvgIpc) is 3.32. The SMILES string of the molecule is CN(c1ccccc1)S(=O)(=O)c1ccccc1C(=O)NCc1nncn1-c1ccccc1. The highest BCUT2D eigenvalue weighted by molar-refractivity contribution is 7.92. The van der Waals surface area contributed by atoms with Crippen LogP contribution in [0.15, 0.2) is 96.2 Å². The van der Waals surface area contributed by atoms with Crippen LogP contribution in [0.1, 0.15) is 16.2 Å². The number of aromatic nitrogens is 3. The van der Waals surface area contributed by atoms with Gasteiger partial charge in [-0.3, -0.25) is 13.7 Å². The summed E-state index contributed by atoms with van der Waals surface area (Å²) in [6, 6.07) is 24.3. The van der Waals surface area contributed by atoms with Crippen LogP contribution in [-0.4, -0.2) is 36.1 Å². The van der Waals surface area contributed by atoms with Crippen molar-refractivity contribution in [2.45, 2.75) is 11.4 Å². The predicted octanol–water partition coefficient (Wildman–Crippen LogP) is 3.02. The molecule has 3 aromatic carbocycles. The molecule has 0 bridgehead atoms. The Labute approximate surface area is 186 Å². The van der Waals surface area contributed by atoms with Crippen LogP contribution < -0.4 is 9.62 Å². The van der Waals surface area contributed by atoms with Gasteiger partial charge in [-0.05, 0) is 36.4 Å². The van der Waals surface area contributed by atoms with Gasteiger partial charge in [0.1, 0.15) is 11.2 Å². The van der Waals surface area contributed by atoms with Gasteiger partial charge in [-0.15, -0.1) is 10.2 Å². The van der Waals surface area contributed by atoms with Crippen molar-refractivity contribution in [1.82, 2.24) is 20.1 Å². The summed E-state index contributed by atoms with van der Waals surface area (Å²) in [7, 11) is -2.49. The van der Waals surface area contributed by atoms with E-state index in [1.165, 1.54) is 19.2 Å². The molecule has 162 valence electrons. The molecule has 1 N–H and O–H groups in total. The summed E-state index contributed by atoms with van der Waals surface area (Å²) >= 11 is 0. The fourth-order valence-corrected chi connectivity index (χ4v) is 4.63. The van der Waals surface area contributed by atoms with E-state index in [2.05, 4.69) is 15.5 Å². The molecule has 0 spiro atoms. The van der Waals surface area contributed by atoms with E-state index in [4.69, 9.17) is 0 Å². The van der Waals surface area contributed by atoms with Crippen molar-refractivity contribution < 1.29 is 13.2 Å². The first kappa shape index (κ1) is 21.3. The van der Waals surface area contributed by atoms with Crippen LogP contribution in [0.5, 0.6) is 0 Å². The van der Waals surface area contributed by atoms with Crippen LogP contribution in [0.3, 0.4) is 0 Å². The molecule has 32 heavy (non-hydrogen) atoms. The Kier molecular flexibility index (Phi) is 6.00. The maximum atomic E-state index is 13.2. The van der Waals surface area contributed by atoms with Crippen molar-refractivity contribution >= 4 is 21.6 Å². The van der Waals surface area contributed by atoms with Crippen LogP contribution in [0.25, 0.3) is 5.69 Å². The van der Waals surface area contributed by atoms with Gasteiger partial charge in [0.25, 0.3) is 15.9 Å². The third kappa shape index (κ3) is 4.23. The Bertz CT molecular complexity index is 1320. The Morgan fingerprint density at radius 3 is 2.28 bits per heavy atom. The van der Waals surface area contributed by atoms with Gasteiger partial charge in [-0.25, -0.2) is 8.42 Å². The molecule has 8 nitrogen and oxygen atoms in total. The summed E-state index contributed by atoms with van der Waals surface area (Å²) in [5.41, 5.74) is 1.41. The van der Waals surface area contributed by atoms with E-state index >= 15 is 0 Å².